The van der Waals surface area contributed by atoms with Gasteiger partial charge >= 0.3 is 0 Å². The summed E-state index contributed by atoms with van der Waals surface area (Å²) >= 11 is 1.47. The van der Waals surface area contributed by atoms with Crippen LogP contribution in [0.3, 0.4) is 0 Å². The summed E-state index contributed by atoms with van der Waals surface area (Å²) in [6.07, 6.45) is 1.55. The molecular weight excluding hydrogens is 365 g/mol. The Morgan fingerprint density at radius 3 is 2.74 bits per heavy atom. The van der Waals surface area contributed by atoms with Gasteiger partial charge < -0.3 is 9.15 Å². The van der Waals surface area contributed by atoms with Gasteiger partial charge in [0.15, 0.2) is 10.9 Å². The number of para-hydroxylation sites is 1. The standard InChI is InChI=1S/C20H16FN3O2S/c1-25-15-7-4-6-14(12-15)13-27-20-23-22-19(18-10-5-11-26-18)24(20)17-9-3-2-8-16(17)21/h2-12H,13H2,1H3. The van der Waals surface area contributed by atoms with Crippen molar-refractivity contribution in [2.75, 3.05) is 7.11 Å². The molecular formula is C20H16FN3O2S. The Labute approximate surface area is 159 Å². The summed E-state index contributed by atoms with van der Waals surface area (Å²) in [5.41, 5.74) is 1.45. The first-order chi connectivity index (χ1) is 13.3. The maximum absolute atomic E-state index is 14.5. The number of hydrogen-bond acceptors (Lipinski definition) is 5. The minimum Gasteiger partial charge on any atom is -0.497 e. The average molecular weight is 381 g/mol. The lowest BCUT2D eigenvalue weighted by molar-refractivity contribution is 0.414. The molecule has 2 heterocycles. The van der Waals surface area contributed by atoms with Crippen molar-refractivity contribution in [3.63, 3.8) is 0 Å². The molecule has 136 valence electrons. The van der Waals surface area contributed by atoms with Crippen molar-refractivity contribution < 1.29 is 13.5 Å². The lowest BCUT2D eigenvalue weighted by Crippen LogP contribution is -2.02. The zero-order chi connectivity index (χ0) is 18.6. The van der Waals surface area contributed by atoms with Gasteiger partial charge in [0.05, 0.1) is 19.1 Å². The first-order valence-electron chi connectivity index (χ1n) is 8.26. The molecule has 0 saturated heterocycles. The van der Waals surface area contributed by atoms with Gasteiger partial charge in [0.1, 0.15) is 11.6 Å². The summed E-state index contributed by atoms with van der Waals surface area (Å²) in [7, 11) is 1.64. The molecule has 2 aromatic carbocycles. The number of nitrogens with zero attached hydrogens (tertiary/aromatic N) is 3. The number of benzene rings is 2. The zero-order valence-corrected chi connectivity index (χ0v) is 15.3. The number of rotatable bonds is 6. The van der Waals surface area contributed by atoms with Crippen molar-refractivity contribution in [3.05, 3.63) is 78.3 Å². The predicted octanol–water partition coefficient (Wildman–Crippen LogP) is 4.97. The molecule has 7 heteroatoms. The summed E-state index contributed by atoms with van der Waals surface area (Å²) in [6, 6.07) is 17.9. The van der Waals surface area contributed by atoms with Crippen LogP contribution < -0.4 is 4.74 Å². The van der Waals surface area contributed by atoms with Crippen LogP contribution in [0.25, 0.3) is 17.3 Å². The lowest BCUT2D eigenvalue weighted by Gasteiger charge is -2.10. The fraction of sp³-hybridized carbons (Fsp3) is 0.100. The van der Waals surface area contributed by atoms with E-state index in [1.807, 2.05) is 24.3 Å². The van der Waals surface area contributed by atoms with E-state index in [2.05, 4.69) is 10.2 Å². The van der Waals surface area contributed by atoms with Gasteiger partial charge in [-0.25, -0.2) is 4.39 Å². The molecule has 0 bridgehead atoms. The van der Waals surface area contributed by atoms with Crippen molar-refractivity contribution in [1.82, 2.24) is 14.8 Å². The van der Waals surface area contributed by atoms with Gasteiger partial charge in [0.25, 0.3) is 0 Å². The molecule has 0 amide bonds. The maximum Gasteiger partial charge on any atom is 0.205 e. The molecule has 0 radical (unpaired) electrons. The van der Waals surface area contributed by atoms with Crippen molar-refractivity contribution in [3.8, 4) is 23.0 Å². The number of methoxy groups -OCH3 is 1. The van der Waals surface area contributed by atoms with Crippen LogP contribution in [0.4, 0.5) is 4.39 Å². The molecule has 0 unspecified atom stereocenters. The first kappa shape index (κ1) is 17.4. The second-order valence-corrected chi connectivity index (χ2v) is 6.65. The number of furan rings is 1. The van der Waals surface area contributed by atoms with Gasteiger partial charge in [-0.1, -0.05) is 36.0 Å². The molecule has 0 atom stereocenters. The summed E-state index contributed by atoms with van der Waals surface area (Å²) < 4.78 is 26.9. The number of halogens is 1. The topological polar surface area (TPSA) is 53.1 Å². The molecule has 0 aliphatic carbocycles. The Bertz CT molecular complexity index is 1050. The van der Waals surface area contributed by atoms with E-state index in [1.54, 1.807) is 48.3 Å². The fourth-order valence-corrected chi connectivity index (χ4v) is 3.58. The van der Waals surface area contributed by atoms with Crippen LogP contribution >= 0.6 is 11.8 Å². The van der Waals surface area contributed by atoms with Crippen LogP contribution in [0, 0.1) is 5.82 Å². The predicted molar refractivity (Wildman–Crippen MR) is 102 cm³/mol. The van der Waals surface area contributed by atoms with E-state index in [1.165, 1.54) is 17.8 Å². The van der Waals surface area contributed by atoms with E-state index in [0.717, 1.165) is 11.3 Å². The first-order valence-corrected chi connectivity index (χ1v) is 9.25. The molecule has 0 spiro atoms. The van der Waals surface area contributed by atoms with Crippen LogP contribution in [-0.2, 0) is 5.75 Å². The van der Waals surface area contributed by atoms with Gasteiger partial charge in [-0.15, -0.1) is 10.2 Å². The van der Waals surface area contributed by atoms with E-state index >= 15 is 0 Å². The summed E-state index contributed by atoms with van der Waals surface area (Å²) in [5.74, 6) is 2.06. The Morgan fingerprint density at radius 2 is 1.96 bits per heavy atom. The van der Waals surface area contributed by atoms with Gasteiger partial charge in [-0.2, -0.15) is 0 Å². The van der Waals surface area contributed by atoms with E-state index in [9.17, 15) is 4.39 Å². The van der Waals surface area contributed by atoms with Crippen LogP contribution in [0.2, 0.25) is 0 Å². The quantitative estimate of drug-likeness (QED) is 0.442. The molecule has 27 heavy (non-hydrogen) atoms. The summed E-state index contributed by atoms with van der Waals surface area (Å²) in [5, 5.41) is 9.07. The van der Waals surface area contributed by atoms with Crippen molar-refractivity contribution in [1.29, 1.82) is 0 Å². The number of hydrogen-bond donors (Lipinski definition) is 0. The molecule has 4 aromatic rings. The van der Waals surface area contributed by atoms with Crippen LogP contribution in [0.5, 0.6) is 5.75 Å². The maximum atomic E-state index is 14.5. The van der Waals surface area contributed by atoms with E-state index in [-0.39, 0.29) is 5.82 Å². The third kappa shape index (κ3) is 3.59. The highest BCUT2D eigenvalue weighted by molar-refractivity contribution is 7.98. The van der Waals surface area contributed by atoms with E-state index in [4.69, 9.17) is 9.15 Å². The van der Waals surface area contributed by atoms with Gasteiger partial charge in [0.2, 0.25) is 5.82 Å². The number of ether oxygens (including phenoxy) is 1. The lowest BCUT2D eigenvalue weighted by atomic mass is 10.2. The normalized spacial score (nSPS) is 10.9. The van der Waals surface area contributed by atoms with Gasteiger partial charge in [-0.05, 0) is 42.0 Å². The molecule has 0 fully saturated rings. The van der Waals surface area contributed by atoms with Crippen molar-refractivity contribution >= 4 is 11.8 Å². The molecule has 0 N–H and O–H groups in total. The summed E-state index contributed by atoms with van der Waals surface area (Å²) in [6.45, 7) is 0. The molecule has 2 aromatic heterocycles. The SMILES string of the molecule is COc1cccc(CSc2nnc(-c3ccco3)n2-c2ccccc2F)c1. The zero-order valence-electron chi connectivity index (χ0n) is 14.5. The molecule has 4 rings (SSSR count). The van der Waals surface area contributed by atoms with Gasteiger partial charge in [0, 0.05) is 5.75 Å². The van der Waals surface area contributed by atoms with E-state index in [0.29, 0.717) is 28.2 Å². The monoisotopic (exact) mass is 381 g/mol. The van der Waals surface area contributed by atoms with Crippen molar-refractivity contribution in [2.45, 2.75) is 10.9 Å². The number of aromatic nitrogens is 3. The largest absolute Gasteiger partial charge is 0.497 e. The van der Waals surface area contributed by atoms with Crippen LogP contribution in [-0.4, -0.2) is 21.9 Å². The Balaban J connectivity index is 1.71. The van der Waals surface area contributed by atoms with Crippen molar-refractivity contribution in [2.24, 2.45) is 0 Å². The van der Waals surface area contributed by atoms with Crippen LogP contribution in [0.1, 0.15) is 5.56 Å². The molecule has 0 saturated carbocycles. The Kier molecular flexibility index (Phi) is 4.93. The van der Waals surface area contributed by atoms with Gasteiger partial charge in [-0.3, -0.25) is 4.57 Å². The van der Waals surface area contributed by atoms with Crippen LogP contribution in [0.15, 0.2) is 76.5 Å². The Morgan fingerprint density at radius 1 is 1.07 bits per heavy atom. The second-order valence-electron chi connectivity index (χ2n) is 5.71. The molecule has 5 nitrogen and oxygen atoms in total. The fourth-order valence-electron chi connectivity index (χ4n) is 2.69. The highest BCUT2D eigenvalue weighted by Gasteiger charge is 2.20. The van der Waals surface area contributed by atoms with E-state index < -0.39 is 0 Å². The molecule has 0 aliphatic heterocycles. The summed E-state index contributed by atoms with van der Waals surface area (Å²) in [4.78, 5) is 0. The smallest absolute Gasteiger partial charge is 0.205 e. The highest BCUT2D eigenvalue weighted by Crippen LogP contribution is 2.31. The molecule has 0 aliphatic rings. The number of thioether (sulfide) groups is 1. The minimum absolute atomic E-state index is 0.353. The average Bonchev–Trinajstić information content (AvgIpc) is 3.36. The third-order valence-corrected chi connectivity index (χ3v) is 4.97. The minimum atomic E-state index is -0.353. The highest BCUT2D eigenvalue weighted by atomic mass is 32.2. The second kappa shape index (κ2) is 7.67. The Hall–Kier alpha value is -3.06. The third-order valence-electron chi connectivity index (χ3n) is 3.97.